The van der Waals surface area contributed by atoms with Gasteiger partial charge in [0.1, 0.15) is 6.04 Å². The van der Waals surface area contributed by atoms with Crippen molar-refractivity contribution in [1.82, 2.24) is 0 Å². The number of rotatable bonds is 3. The number of nitrogens with zero attached hydrogens (tertiary/aromatic N) is 1. The summed E-state index contributed by atoms with van der Waals surface area (Å²) in [7, 11) is 0. The molecule has 4 nitrogen and oxygen atoms in total. The zero-order valence-electron chi connectivity index (χ0n) is 15.1. The van der Waals surface area contributed by atoms with Crippen molar-refractivity contribution in [2.24, 2.45) is 0 Å². The standard InChI is InChI=1S/C24H18N2O2/c27-23-15-22(25-20-11-9-16-5-1-3-7-18(16)13-20)24(28)26(23)21-12-10-17-6-2-4-8-19(17)14-21/h1-14,22,25H,15H2. The van der Waals surface area contributed by atoms with Gasteiger partial charge in [-0.3, -0.25) is 9.59 Å². The maximum Gasteiger partial charge on any atom is 0.256 e. The molecule has 1 saturated heterocycles. The Morgan fingerprint density at radius 3 is 2.04 bits per heavy atom. The van der Waals surface area contributed by atoms with Crippen LogP contribution in [0.25, 0.3) is 21.5 Å². The Hall–Kier alpha value is -3.66. The number of carbonyl (C=O) groups is 2. The number of hydrogen-bond acceptors (Lipinski definition) is 3. The second-order valence-electron chi connectivity index (χ2n) is 7.06. The Labute approximate surface area is 162 Å². The molecule has 2 amide bonds. The van der Waals surface area contributed by atoms with E-state index in [1.54, 1.807) is 0 Å². The minimum Gasteiger partial charge on any atom is -0.373 e. The van der Waals surface area contributed by atoms with Crippen molar-refractivity contribution >= 4 is 44.7 Å². The second kappa shape index (κ2) is 6.50. The van der Waals surface area contributed by atoms with Gasteiger partial charge in [0.25, 0.3) is 5.91 Å². The van der Waals surface area contributed by atoms with Gasteiger partial charge in [-0.1, -0.05) is 60.7 Å². The van der Waals surface area contributed by atoms with Gasteiger partial charge in [0.05, 0.1) is 12.1 Å². The Morgan fingerprint density at radius 1 is 0.714 bits per heavy atom. The van der Waals surface area contributed by atoms with Crippen LogP contribution in [0.15, 0.2) is 84.9 Å². The zero-order chi connectivity index (χ0) is 19.1. The summed E-state index contributed by atoms with van der Waals surface area (Å²) < 4.78 is 0. The molecule has 1 fully saturated rings. The van der Waals surface area contributed by atoms with E-state index in [0.717, 1.165) is 27.2 Å². The highest BCUT2D eigenvalue weighted by atomic mass is 16.2. The molecule has 1 aliphatic rings. The summed E-state index contributed by atoms with van der Waals surface area (Å²) >= 11 is 0. The van der Waals surface area contributed by atoms with Crippen LogP contribution in [-0.4, -0.2) is 17.9 Å². The van der Waals surface area contributed by atoms with Gasteiger partial charge in [0.15, 0.2) is 0 Å². The van der Waals surface area contributed by atoms with Crippen LogP contribution in [0.3, 0.4) is 0 Å². The minimum absolute atomic E-state index is 0.151. The van der Waals surface area contributed by atoms with Gasteiger partial charge in [0.2, 0.25) is 5.91 Å². The molecule has 1 atom stereocenters. The van der Waals surface area contributed by atoms with Crippen LogP contribution >= 0.6 is 0 Å². The van der Waals surface area contributed by atoms with E-state index in [1.807, 2.05) is 84.9 Å². The van der Waals surface area contributed by atoms with Crippen molar-refractivity contribution < 1.29 is 9.59 Å². The Kier molecular flexibility index (Phi) is 3.83. The Morgan fingerprint density at radius 2 is 1.32 bits per heavy atom. The monoisotopic (exact) mass is 366 g/mol. The lowest BCUT2D eigenvalue weighted by molar-refractivity contribution is -0.121. The first-order valence-corrected chi connectivity index (χ1v) is 9.30. The van der Waals surface area contributed by atoms with Crippen LogP contribution in [0.1, 0.15) is 6.42 Å². The Bertz CT molecular complexity index is 1230. The van der Waals surface area contributed by atoms with Crippen LogP contribution in [-0.2, 0) is 9.59 Å². The van der Waals surface area contributed by atoms with Crippen molar-refractivity contribution in [3.05, 3.63) is 84.9 Å². The molecular weight excluding hydrogens is 348 g/mol. The summed E-state index contributed by atoms with van der Waals surface area (Å²) in [6.07, 6.45) is 0.151. The quantitative estimate of drug-likeness (QED) is 0.533. The molecule has 0 radical (unpaired) electrons. The maximum absolute atomic E-state index is 13.0. The number of nitrogens with one attached hydrogen (secondary N) is 1. The highest BCUT2D eigenvalue weighted by Crippen LogP contribution is 2.28. The summed E-state index contributed by atoms with van der Waals surface area (Å²) in [5, 5.41) is 7.56. The van der Waals surface area contributed by atoms with E-state index in [4.69, 9.17) is 0 Å². The second-order valence-corrected chi connectivity index (χ2v) is 7.06. The predicted molar refractivity (Wildman–Crippen MR) is 112 cm³/mol. The van der Waals surface area contributed by atoms with Gasteiger partial charge in [-0.05, 0) is 45.8 Å². The van der Waals surface area contributed by atoms with Gasteiger partial charge in [-0.15, -0.1) is 0 Å². The summed E-state index contributed by atoms with van der Waals surface area (Å²) in [4.78, 5) is 26.9. The number of fused-ring (bicyclic) bond motifs is 2. The number of anilines is 2. The highest BCUT2D eigenvalue weighted by Gasteiger charge is 2.39. The molecule has 1 aliphatic heterocycles. The molecule has 4 heteroatoms. The molecular formula is C24H18N2O2. The lowest BCUT2D eigenvalue weighted by atomic mass is 10.1. The highest BCUT2D eigenvalue weighted by molar-refractivity contribution is 6.23. The molecule has 1 N–H and O–H groups in total. The van der Waals surface area contributed by atoms with Gasteiger partial charge in [0, 0.05) is 5.69 Å². The fraction of sp³-hybridized carbons (Fsp3) is 0.0833. The van der Waals surface area contributed by atoms with Gasteiger partial charge < -0.3 is 5.32 Å². The smallest absolute Gasteiger partial charge is 0.256 e. The topological polar surface area (TPSA) is 49.4 Å². The number of hydrogen-bond donors (Lipinski definition) is 1. The average Bonchev–Trinajstić information content (AvgIpc) is 3.00. The van der Waals surface area contributed by atoms with Crippen molar-refractivity contribution in [3.8, 4) is 0 Å². The van der Waals surface area contributed by atoms with E-state index in [1.165, 1.54) is 4.90 Å². The molecule has 4 aromatic carbocycles. The molecule has 0 aliphatic carbocycles. The summed E-state index contributed by atoms with van der Waals surface area (Å²) in [6.45, 7) is 0. The average molecular weight is 366 g/mol. The first-order valence-electron chi connectivity index (χ1n) is 9.30. The molecule has 4 aromatic rings. The number of imide groups is 1. The molecule has 0 aromatic heterocycles. The minimum atomic E-state index is -0.555. The van der Waals surface area contributed by atoms with E-state index < -0.39 is 6.04 Å². The summed E-state index contributed by atoms with van der Waals surface area (Å²) in [5.74, 6) is -0.396. The third-order valence-corrected chi connectivity index (χ3v) is 5.23. The van der Waals surface area contributed by atoms with Crippen LogP contribution in [0.5, 0.6) is 0 Å². The van der Waals surface area contributed by atoms with E-state index in [9.17, 15) is 9.59 Å². The van der Waals surface area contributed by atoms with Crippen molar-refractivity contribution in [2.75, 3.05) is 10.2 Å². The molecule has 0 saturated carbocycles. The third kappa shape index (κ3) is 2.79. The lowest BCUT2D eigenvalue weighted by Crippen LogP contribution is -2.34. The number of carbonyl (C=O) groups excluding carboxylic acids is 2. The largest absolute Gasteiger partial charge is 0.373 e. The third-order valence-electron chi connectivity index (χ3n) is 5.23. The van der Waals surface area contributed by atoms with Crippen molar-refractivity contribution in [2.45, 2.75) is 12.5 Å². The first-order chi connectivity index (χ1) is 13.7. The number of benzene rings is 4. The van der Waals surface area contributed by atoms with Crippen LogP contribution < -0.4 is 10.2 Å². The summed E-state index contributed by atoms with van der Waals surface area (Å²) in [6, 6.07) is 27.0. The van der Waals surface area contributed by atoms with Gasteiger partial charge in [-0.2, -0.15) is 0 Å². The van der Waals surface area contributed by atoms with E-state index in [-0.39, 0.29) is 18.2 Å². The van der Waals surface area contributed by atoms with Crippen LogP contribution in [0, 0.1) is 0 Å². The first kappa shape index (κ1) is 16.5. The fourth-order valence-electron chi connectivity index (χ4n) is 3.81. The normalized spacial score (nSPS) is 16.9. The SMILES string of the molecule is O=C1CC(Nc2ccc3ccccc3c2)C(=O)N1c1ccc2ccccc2c1. The van der Waals surface area contributed by atoms with Crippen molar-refractivity contribution in [1.29, 1.82) is 0 Å². The fourth-order valence-corrected chi connectivity index (χ4v) is 3.81. The summed E-state index contributed by atoms with van der Waals surface area (Å²) in [5.41, 5.74) is 1.46. The zero-order valence-corrected chi connectivity index (χ0v) is 15.1. The van der Waals surface area contributed by atoms with Crippen molar-refractivity contribution in [3.63, 3.8) is 0 Å². The Balaban J connectivity index is 1.42. The van der Waals surface area contributed by atoms with E-state index in [2.05, 4.69) is 5.32 Å². The van der Waals surface area contributed by atoms with Gasteiger partial charge >= 0.3 is 0 Å². The van der Waals surface area contributed by atoms with Gasteiger partial charge in [-0.25, -0.2) is 4.90 Å². The van der Waals surface area contributed by atoms with E-state index in [0.29, 0.717) is 5.69 Å². The lowest BCUT2D eigenvalue weighted by Gasteiger charge is -2.17. The van der Waals surface area contributed by atoms with Crippen LogP contribution in [0.2, 0.25) is 0 Å². The predicted octanol–water partition coefficient (Wildman–Crippen LogP) is 4.74. The molecule has 0 bridgehead atoms. The molecule has 136 valence electrons. The van der Waals surface area contributed by atoms with E-state index >= 15 is 0 Å². The molecule has 28 heavy (non-hydrogen) atoms. The molecule has 5 rings (SSSR count). The maximum atomic E-state index is 13.0. The van der Waals surface area contributed by atoms with Crippen LogP contribution in [0.4, 0.5) is 11.4 Å². The number of amides is 2. The molecule has 0 spiro atoms. The molecule has 1 unspecified atom stereocenters. The molecule has 1 heterocycles.